The molecule has 4 heteroatoms. The molecule has 1 aromatic carbocycles. The van der Waals surface area contributed by atoms with Gasteiger partial charge in [0, 0.05) is 24.6 Å². The SMILES string of the molecule is C/C(=N/[O-])c1ccccc1.[Li+].[Li]. The molecule has 0 aromatic heterocycles. The molecule has 0 aliphatic carbocycles. The summed E-state index contributed by atoms with van der Waals surface area (Å²) in [5.74, 6) is 0. The van der Waals surface area contributed by atoms with Gasteiger partial charge in [-0.15, -0.1) is 0 Å². The van der Waals surface area contributed by atoms with E-state index in [2.05, 4.69) is 5.16 Å². The first-order valence-electron chi connectivity index (χ1n) is 3.07. The van der Waals surface area contributed by atoms with Gasteiger partial charge < -0.3 is 10.4 Å². The van der Waals surface area contributed by atoms with Crippen molar-refractivity contribution >= 4 is 24.6 Å². The molecule has 0 spiro atoms. The van der Waals surface area contributed by atoms with Gasteiger partial charge in [0.05, 0.1) is 0 Å². The van der Waals surface area contributed by atoms with Crippen LogP contribution in [0.4, 0.5) is 0 Å². The van der Waals surface area contributed by atoms with Crippen LogP contribution < -0.4 is 18.9 Å². The second kappa shape index (κ2) is 7.53. The van der Waals surface area contributed by atoms with E-state index in [0.29, 0.717) is 5.71 Å². The van der Waals surface area contributed by atoms with Crippen LogP contribution in [0.2, 0.25) is 0 Å². The van der Waals surface area contributed by atoms with Crippen LogP contribution in [0.15, 0.2) is 35.5 Å². The van der Waals surface area contributed by atoms with Crippen molar-refractivity contribution in [3.63, 3.8) is 0 Å². The zero-order chi connectivity index (χ0) is 7.40. The van der Waals surface area contributed by atoms with Gasteiger partial charge in [-0.05, 0) is 12.5 Å². The van der Waals surface area contributed by atoms with E-state index < -0.39 is 0 Å². The Labute approximate surface area is 96.4 Å². The molecule has 0 bridgehead atoms. The molecule has 0 saturated carbocycles. The van der Waals surface area contributed by atoms with Crippen molar-refractivity contribution in [2.75, 3.05) is 0 Å². The fourth-order valence-electron chi connectivity index (χ4n) is 0.732. The molecule has 53 valence electrons. The maximum absolute atomic E-state index is 10.0. The summed E-state index contributed by atoms with van der Waals surface area (Å²) in [6.07, 6.45) is 0. The first kappa shape index (κ1) is 14.4. The summed E-state index contributed by atoms with van der Waals surface area (Å²) in [4.78, 5) is 0. The van der Waals surface area contributed by atoms with Crippen LogP contribution in [0.25, 0.3) is 0 Å². The van der Waals surface area contributed by atoms with Crippen LogP contribution in [0.1, 0.15) is 12.5 Å². The molecule has 0 aliphatic rings. The molecule has 0 saturated heterocycles. The largest absolute Gasteiger partial charge is 1.00 e. The Morgan fingerprint density at radius 2 is 1.75 bits per heavy atom. The minimum Gasteiger partial charge on any atom is -0.792 e. The molecular weight excluding hydrogens is 140 g/mol. The van der Waals surface area contributed by atoms with Gasteiger partial charge in [0.2, 0.25) is 0 Å². The molecule has 1 rings (SSSR count). The van der Waals surface area contributed by atoms with E-state index in [1.807, 2.05) is 30.3 Å². The molecule has 0 heterocycles. The first-order valence-corrected chi connectivity index (χ1v) is 3.07. The second-order valence-corrected chi connectivity index (χ2v) is 2.04. The summed E-state index contributed by atoms with van der Waals surface area (Å²) in [5, 5.41) is 12.8. The minimum atomic E-state index is 0. The first-order chi connectivity index (χ1) is 4.84. The minimum absolute atomic E-state index is 0. The van der Waals surface area contributed by atoms with Crippen molar-refractivity contribution in [1.29, 1.82) is 0 Å². The molecule has 0 N–H and O–H groups in total. The summed E-state index contributed by atoms with van der Waals surface area (Å²) < 4.78 is 0. The standard InChI is InChI=1S/C8H9NO.2Li/c1-7(9-10)8-5-3-2-4-6-8;;/h2-6,10H,1H3;;/q;;+1/p-1/b9-7-;;. The van der Waals surface area contributed by atoms with Gasteiger partial charge >= 0.3 is 18.9 Å². The van der Waals surface area contributed by atoms with E-state index >= 15 is 0 Å². The molecule has 0 fully saturated rings. The van der Waals surface area contributed by atoms with Crippen LogP contribution in [0, 0.1) is 5.21 Å². The molecule has 0 atom stereocenters. The Morgan fingerprint density at radius 3 is 2.17 bits per heavy atom. The van der Waals surface area contributed by atoms with Crippen molar-refractivity contribution in [2.45, 2.75) is 6.92 Å². The normalized spacial score (nSPS) is 9.58. The van der Waals surface area contributed by atoms with Crippen LogP contribution in [0.5, 0.6) is 0 Å². The number of rotatable bonds is 1. The zero-order valence-corrected chi connectivity index (χ0v) is 7.74. The summed E-state index contributed by atoms with van der Waals surface area (Å²) in [5.41, 5.74) is 1.41. The van der Waals surface area contributed by atoms with Gasteiger partial charge in [-0.3, -0.25) is 0 Å². The molecule has 1 radical (unpaired) electrons. The summed E-state index contributed by atoms with van der Waals surface area (Å²) in [7, 11) is 0. The predicted molar refractivity (Wildman–Crippen MR) is 47.8 cm³/mol. The third-order valence-corrected chi connectivity index (χ3v) is 1.33. The van der Waals surface area contributed by atoms with Crippen LogP contribution >= 0.6 is 0 Å². The van der Waals surface area contributed by atoms with E-state index in [-0.39, 0.29) is 37.7 Å². The number of hydrogen-bond acceptors (Lipinski definition) is 2. The monoisotopic (exact) mass is 148 g/mol. The van der Waals surface area contributed by atoms with Gasteiger partial charge in [-0.2, -0.15) is 0 Å². The van der Waals surface area contributed by atoms with Crippen molar-refractivity contribution in [2.24, 2.45) is 5.16 Å². The Kier molecular flexibility index (Phi) is 9.04. The third kappa shape index (κ3) is 4.05. The van der Waals surface area contributed by atoms with Gasteiger partial charge in [0.25, 0.3) is 0 Å². The molecule has 0 aliphatic heterocycles. The maximum atomic E-state index is 10.0. The Bertz CT molecular complexity index is 236. The Morgan fingerprint density at radius 1 is 1.25 bits per heavy atom. The molecular formula is C8H8Li2NO. The number of benzene rings is 1. The molecule has 2 nitrogen and oxygen atoms in total. The smallest absolute Gasteiger partial charge is 0.792 e. The van der Waals surface area contributed by atoms with Crippen molar-refractivity contribution in [3.8, 4) is 0 Å². The van der Waals surface area contributed by atoms with Crippen molar-refractivity contribution < 1.29 is 18.9 Å². The summed E-state index contributed by atoms with van der Waals surface area (Å²) >= 11 is 0. The van der Waals surface area contributed by atoms with E-state index in [0.717, 1.165) is 5.56 Å². The Balaban J connectivity index is 0. The van der Waals surface area contributed by atoms with Gasteiger partial charge in [0.1, 0.15) is 0 Å². The quantitative estimate of drug-likeness (QED) is 0.274. The third-order valence-electron chi connectivity index (χ3n) is 1.33. The van der Waals surface area contributed by atoms with E-state index in [1.54, 1.807) is 6.92 Å². The topological polar surface area (TPSA) is 35.4 Å². The summed E-state index contributed by atoms with van der Waals surface area (Å²) in [6.45, 7) is 1.70. The molecule has 1 aromatic rings. The van der Waals surface area contributed by atoms with Crippen LogP contribution in [0.3, 0.4) is 0 Å². The molecule has 0 unspecified atom stereocenters. The van der Waals surface area contributed by atoms with E-state index in [1.165, 1.54) is 0 Å². The van der Waals surface area contributed by atoms with E-state index in [9.17, 15) is 5.21 Å². The van der Waals surface area contributed by atoms with Gasteiger partial charge in [-0.25, -0.2) is 0 Å². The average molecular weight is 148 g/mol. The van der Waals surface area contributed by atoms with Gasteiger partial charge in [-0.1, -0.05) is 30.3 Å². The van der Waals surface area contributed by atoms with Crippen molar-refractivity contribution in [1.82, 2.24) is 0 Å². The molecule has 0 amide bonds. The fourth-order valence-corrected chi connectivity index (χ4v) is 0.732. The summed E-state index contributed by atoms with van der Waals surface area (Å²) in [6, 6.07) is 9.38. The Hall–Kier alpha value is -0.115. The number of hydrogen-bond donors (Lipinski definition) is 0. The zero-order valence-electron chi connectivity index (χ0n) is 7.74. The second-order valence-electron chi connectivity index (χ2n) is 2.04. The van der Waals surface area contributed by atoms with Gasteiger partial charge in [0.15, 0.2) is 0 Å². The fraction of sp³-hybridized carbons (Fsp3) is 0.125. The van der Waals surface area contributed by atoms with Crippen LogP contribution in [-0.2, 0) is 0 Å². The average Bonchev–Trinajstić information content (AvgIpc) is 2.05. The number of nitrogens with zero attached hydrogens (tertiary/aromatic N) is 1. The predicted octanol–water partition coefficient (Wildman–Crippen LogP) is -1.38. The maximum Gasteiger partial charge on any atom is 1.00 e. The van der Waals surface area contributed by atoms with E-state index in [4.69, 9.17) is 0 Å². The molecule has 12 heavy (non-hydrogen) atoms. The van der Waals surface area contributed by atoms with Crippen LogP contribution in [-0.4, -0.2) is 24.6 Å². The van der Waals surface area contributed by atoms with Crippen molar-refractivity contribution in [3.05, 3.63) is 41.1 Å².